The molecule has 0 unspecified atom stereocenters. The maximum Gasteiger partial charge on any atom is 0.145 e. The fourth-order valence-electron chi connectivity index (χ4n) is 5.45. The van der Waals surface area contributed by atoms with Crippen LogP contribution in [0.4, 0.5) is 0 Å². The highest BCUT2D eigenvalue weighted by Crippen LogP contribution is 2.41. The largest absolute Gasteiger partial charge is 0.292 e. The summed E-state index contributed by atoms with van der Waals surface area (Å²) in [7, 11) is 0. The van der Waals surface area contributed by atoms with Crippen LogP contribution in [0.1, 0.15) is 50.7 Å². The van der Waals surface area contributed by atoms with Crippen molar-refractivity contribution >= 4 is 11.0 Å². The van der Waals surface area contributed by atoms with Gasteiger partial charge < -0.3 is 0 Å². The maximum absolute atomic E-state index is 5.34. The summed E-state index contributed by atoms with van der Waals surface area (Å²) in [5.74, 6) is 1.59. The van der Waals surface area contributed by atoms with E-state index < -0.39 is 0 Å². The van der Waals surface area contributed by atoms with Crippen LogP contribution in [0.2, 0.25) is 0 Å². The van der Waals surface area contributed by atoms with Gasteiger partial charge >= 0.3 is 0 Å². The average molecular weight is 508 g/mol. The zero-order chi connectivity index (χ0) is 26.9. The fourth-order valence-corrected chi connectivity index (χ4v) is 5.45. The lowest BCUT2D eigenvalue weighted by Crippen LogP contribution is -2.09. The number of rotatable bonds is 6. The molecule has 0 fully saturated rings. The third kappa shape index (κ3) is 4.55. The first-order chi connectivity index (χ1) is 19.0. The summed E-state index contributed by atoms with van der Waals surface area (Å²) in [4.78, 5) is 10.0. The van der Waals surface area contributed by atoms with Crippen molar-refractivity contribution < 1.29 is 0 Å². The Balaban J connectivity index is 1.73. The Morgan fingerprint density at radius 1 is 0.590 bits per heavy atom. The molecule has 2 heterocycles. The van der Waals surface area contributed by atoms with Crippen molar-refractivity contribution in [3.05, 3.63) is 127 Å². The van der Waals surface area contributed by atoms with E-state index in [0.717, 1.165) is 33.7 Å². The van der Waals surface area contributed by atoms with Gasteiger partial charge in [0.2, 0.25) is 0 Å². The lowest BCUT2D eigenvalue weighted by molar-refractivity contribution is 0.811. The molecule has 4 aromatic carbocycles. The Bertz CT molecular complexity index is 1700. The number of fused-ring (bicyclic) bond motifs is 1. The molecule has 39 heavy (non-hydrogen) atoms. The molecule has 0 amide bonds. The van der Waals surface area contributed by atoms with E-state index in [4.69, 9.17) is 4.98 Å². The number of pyridine rings is 1. The monoisotopic (exact) mass is 507 g/mol. The summed E-state index contributed by atoms with van der Waals surface area (Å²) in [5, 5.41) is 0. The van der Waals surface area contributed by atoms with E-state index in [9.17, 15) is 0 Å². The molecule has 0 aliphatic heterocycles. The van der Waals surface area contributed by atoms with Gasteiger partial charge in [-0.15, -0.1) is 0 Å². The standard InChI is InChI=1S/C36H33N3/c1-24(2)30-22-28(26-14-7-5-8-15-26)23-31(25(3)4)35(30)39-33-20-13-18-29(32-19-11-12-21-37-32)34(33)38-36(39)27-16-9-6-10-17-27/h5-25H,1-4H3. The van der Waals surface area contributed by atoms with Crippen molar-refractivity contribution in [3.63, 3.8) is 0 Å². The van der Waals surface area contributed by atoms with E-state index in [0.29, 0.717) is 11.8 Å². The molecule has 0 aliphatic rings. The van der Waals surface area contributed by atoms with Crippen LogP contribution in [0.5, 0.6) is 0 Å². The maximum atomic E-state index is 5.34. The predicted molar refractivity (Wildman–Crippen MR) is 163 cm³/mol. The van der Waals surface area contributed by atoms with E-state index in [1.165, 1.54) is 27.9 Å². The summed E-state index contributed by atoms with van der Waals surface area (Å²) in [5.41, 5.74) is 11.5. The van der Waals surface area contributed by atoms with Gasteiger partial charge in [0.15, 0.2) is 0 Å². The van der Waals surface area contributed by atoms with E-state index in [2.05, 4.69) is 134 Å². The number of aromatic nitrogens is 3. The lowest BCUT2D eigenvalue weighted by atomic mass is 9.88. The Labute approximate surface area is 230 Å². The van der Waals surface area contributed by atoms with Crippen LogP contribution >= 0.6 is 0 Å². The van der Waals surface area contributed by atoms with E-state index >= 15 is 0 Å². The van der Waals surface area contributed by atoms with Crippen LogP contribution in [0.25, 0.3) is 50.5 Å². The lowest BCUT2D eigenvalue weighted by Gasteiger charge is -2.24. The summed E-state index contributed by atoms with van der Waals surface area (Å²) in [6.45, 7) is 9.16. The SMILES string of the molecule is CC(C)c1cc(-c2ccccc2)cc(C(C)C)c1-n1c(-c2ccccc2)nc2c(-c3ccccn3)cccc21. The molecule has 0 saturated heterocycles. The number of hydrogen-bond acceptors (Lipinski definition) is 2. The van der Waals surface area contributed by atoms with Gasteiger partial charge in [0.25, 0.3) is 0 Å². The van der Waals surface area contributed by atoms with Crippen LogP contribution in [0.15, 0.2) is 115 Å². The first-order valence-electron chi connectivity index (χ1n) is 13.7. The molecule has 6 rings (SSSR count). The zero-order valence-electron chi connectivity index (χ0n) is 23.0. The number of para-hydroxylation sites is 1. The Kier molecular flexibility index (Phi) is 6.58. The van der Waals surface area contributed by atoms with Gasteiger partial charge in [-0.05, 0) is 64.4 Å². The van der Waals surface area contributed by atoms with Crippen molar-refractivity contribution in [2.75, 3.05) is 0 Å². The summed E-state index contributed by atoms with van der Waals surface area (Å²) in [6, 6.07) is 38.5. The molecular formula is C36H33N3. The molecule has 3 nitrogen and oxygen atoms in total. The molecule has 3 heteroatoms. The number of imidazole rings is 1. The number of nitrogens with zero attached hydrogens (tertiary/aromatic N) is 3. The first-order valence-corrected chi connectivity index (χ1v) is 13.7. The van der Waals surface area contributed by atoms with Crippen LogP contribution in [0, 0.1) is 0 Å². The topological polar surface area (TPSA) is 30.7 Å². The molecule has 6 aromatic rings. The number of hydrogen-bond donors (Lipinski definition) is 0. The van der Waals surface area contributed by atoms with E-state index in [-0.39, 0.29) is 0 Å². The quantitative estimate of drug-likeness (QED) is 0.225. The van der Waals surface area contributed by atoms with Crippen molar-refractivity contribution in [1.82, 2.24) is 14.5 Å². The van der Waals surface area contributed by atoms with Crippen molar-refractivity contribution in [2.24, 2.45) is 0 Å². The molecule has 0 bridgehead atoms. The molecule has 192 valence electrons. The molecule has 0 saturated carbocycles. The molecule has 0 spiro atoms. The molecule has 0 radical (unpaired) electrons. The van der Waals surface area contributed by atoms with Crippen molar-refractivity contribution in [3.8, 4) is 39.5 Å². The normalized spacial score (nSPS) is 11.5. The average Bonchev–Trinajstić information content (AvgIpc) is 3.37. The Hall–Kier alpha value is -4.50. The minimum absolute atomic E-state index is 0.321. The molecular weight excluding hydrogens is 474 g/mol. The summed E-state index contributed by atoms with van der Waals surface area (Å²) >= 11 is 0. The van der Waals surface area contributed by atoms with E-state index in [1.54, 1.807) is 0 Å². The third-order valence-electron chi connectivity index (χ3n) is 7.40. The molecule has 0 N–H and O–H groups in total. The Morgan fingerprint density at radius 2 is 1.21 bits per heavy atom. The second-order valence-corrected chi connectivity index (χ2v) is 10.7. The zero-order valence-corrected chi connectivity index (χ0v) is 23.0. The van der Waals surface area contributed by atoms with E-state index in [1.807, 2.05) is 18.3 Å². The van der Waals surface area contributed by atoms with Crippen LogP contribution in [-0.4, -0.2) is 14.5 Å². The van der Waals surface area contributed by atoms with Crippen LogP contribution in [0.3, 0.4) is 0 Å². The summed E-state index contributed by atoms with van der Waals surface area (Å²) in [6.07, 6.45) is 1.85. The fraction of sp³-hybridized carbons (Fsp3) is 0.167. The summed E-state index contributed by atoms with van der Waals surface area (Å²) < 4.78 is 2.40. The number of benzene rings is 4. The van der Waals surface area contributed by atoms with Gasteiger partial charge in [0.1, 0.15) is 5.82 Å². The highest BCUT2D eigenvalue weighted by Gasteiger charge is 2.24. The van der Waals surface area contributed by atoms with Crippen LogP contribution in [-0.2, 0) is 0 Å². The van der Waals surface area contributed by atoms with Gasteiger partial charge in [-0.3, -0.25) is 9.55 Å². The minimum atomic E-state index is 0.321. The van der Waals surface area contributed by atoms with Gasteiger partial charge in [0, 0.05) is 17.3 Å². The second-order valence-electron chi connectivity index (χ2n) is 10.7. The predicted octanol–water partition coefficient (Wildman–Crippen LogP) is 9.67. The van der Waals surface area contributed by atoms with Gasteiger partial charge in [-0.25, -0.2) is 4.98 Å². The van der Waals surface area contributed by atoms with Gasteiger partial charge in [-0.1, -0.05) is 107 Å². The third-order valence-corrected chi connectivity index (χ3v) is 7.40. The van der Waals surface area contributed by atoms with Crippen molar-refractivity contribution in [2.45, 2.75) is 39.5 Å². The molecule has 0 aliphatic carbocycles. The first kappa shape index (κ1) is 24.8. The highest BCUT2D eigenvalue weighted by molar-refractivity contribution is 5.95. The molecule has 2 aromatic heterocycles. The molecule has 0 atom stereocenters. The minimum Gasteiger partial charge on any atom is -0.292 e. The smallest absolute Gasteiger partial charge is 0.145 e. The van der Waals surface area contributed by atoms with Crippen LogP contribution < -0.4 is 0 Å². The van der Waals surface area contributed by atoms with Gasteiger partial charge in [0.05, 0.1) is 22.4 Å². The second kappa shape index (κ2) is 10.3. The van der Waals surface area contributed by atoms with Crippen molar-refractivity contribution in [1.29, 1.82) is 0 Å². The highest BCUT2D eigenvalue weighted by atomic mass is 15.1. The Morgan fingerprint density at radius 3 is 1.79 bits per heavy atom. The van der Waals surface area contributed by atoms with Gasteiger partial charge in [-0.2, -0.15) is 0 Å².